The quantitative estimate of drug-likeness (QED) is 0.753. The van der Waals surface area contributed by atoms with Crippen LogP contribution in [0.25, 0.3) is 10.9 Å². The molecule has 3 rings (SSSR count). The summed E-state index contributed by atoms with van der Waals surface area (Å²) >= 11 is 0. The lowest BCUT2D eigenvalue weighted by Crippen LogP contribution is -2.01. The SMILES string of the molecule is Cc1ccc(CNc2cnc3ccccc3c2)c(C)c1. The Kier molecular flexibility index (Phi) is 3.38. The number of nitrogens with zero attached hydrogens (tertiary/aromatic N) is 1. The van der Waals surface area contributed by atoms with E-state index in [4.69, 9.17) is 0 Å². The number of fused-ring (bicyclic) bond motifs is 1. The van der Waals surface area contributed by atoms with Crippen LogP contribution in [0.4, 0.5) is 5.69 Å². The standard InChI is InChI=1S/C18H18N2/c1-13-7-8-16(14(2)9-13)11-19-17-10-15-5-3-4-6-18(15)20-12-17/h3-10,12,19H,11H2,1-2H3. The van der Waals surface area contributed by atoms with E-state index in [1.54, 1.807) is 0 Å². The van der Waals surface area contributed by atoms with Crippen molar-refractivity contribution in [2.24, 2.45) is 0 Å². The molecule has 0 radical (unpaired) electrons. The number of pyridine rings is 1. The zero-order valence-electron chi connectivity index (χ0n) is 11.9. The minimum absolute atomic E-state index is 0.826. The maximum atomic E-state index is 4.47. The van der Waals surface area contributed by atoms with Gasteiger partial charge in [0, 0.05) is 11.9 Å². The number of hydrogen-bond donors (Lipinski definition) is 1. The van der Waals surface area contributed by atoms with Crippen molar-refractivity contribution >= 4 is 16.6 Å². The molecule has 0 spiro atoms. The molecule has 2 aromatic carbocycles. The van der Waals surface area contributed by atoms with Crippen LogP contribution in [0.2, 0.25) is 0 Å². The smallest absolute Gasteiger partial charge is 0.0703 e. The Labute approximate surface area is 119 Å². The molecule has 0 saturated heterocycles. The molecule has 0 aliphatic rings. The maximum absolute atomic E-state index is 4.47. The van der Waals surface area contributed by atoms with Crippen LogP contribution in [0.1, 0.15) is 16.7 Å². The molecular weight excluding hydrogens is 244 g/mol. The lowest BCUT2D eigenvalue weighted by Gasteiger charge is -2.10. The Balaban J connectivity index is 1.79. The van der Waals surface area contributed by atoms with Crippen molar-refractivity contribution in [2.45, 2.75) is 20.4 Å². The van der Waals surface area contributed by atoms with Gasteiger partial charge >= 0.3 is 0 Å². The monoisotopic (exact) mass is 262 g/mol. The Bertz CT molecular complexity index is 747. The third kappa shape index (κ3) is 2.64. The lowest BCUT2D eigenvalue weighted by molar-refractivity contribution is 1.11. The molecule has 100 valence electrons. The van der Waals surface area contributed by atoms with Gasteiger partial charge < -0.3 is 5.32 Å². The Morgan fingerprint density at radius 2 is 1.85 bits per heavy atom. The average molecular weight is 262 g/mol. The number of aryl methyl sites for hydroxylation is 2. The minimum Gasteiger partial charge on any atom is -0.380 e. The molecule has 0 bridgehead atoms. The van der Waals surface area contributed by atoms with Crippen molar-refractivity contribution in [2.75, 3.05) is 5.32 Å². The van der Waals surface area contributed by atoms with Crippen molar-refractivity contribution in [3.8, 4) is 0 Å². The summed E-state index contributed by atoms with van der Waals surface area (Å²) in [6.07, 6.45) is 1.89. The normalized spacial score (nSPS) is 10.7. The summed E-state index contributed by atoms with van der Waals surface area (Å²) in [6.45, 7) is 5.10. The van der Waals surface area contributed by atoms with E-state index in [1.807, 2.05) is 24.4 Å². The van der Waals surface area contributed by atoms with Crippen LogP contribution in [-0.2, 0) is 6.54 Å². The molecule has 0 aliphatic heterocycles. The molecule has 0 saturated carbocycles. The van der Waals surface area contributed by atoms with Crippen molar-refractivity contribution in [3.05, 3.63) is 71.4 Å². The van der Waals surface area contributed by atoms with Gasteiger partial charge in [0.15, 0.2) is 0 Å². The van der Waals surface area contributed by atoms with Gasteiger partial charge in [-0.3, -0.25) is 4.98 Å². The highest BCUT2D eigenvalue weighted by molar-refractivity contribution is 5.81. The predicted molar refractivity (Wildman–Crippen MR) is 85.0 cm³/mol. The van der Waals surface area contributed by atoms with E-state index in [2.05, 4.69) is 54.5 Å². The van der Waals surface area contributed by atoms with Gasteiger partial charge in [0.25, 0.3) is 0 Å². The third-order valence-corrected chi connectivity index (χ3v) is 3.57. The summed E-state index contributed by atoms with van der Waals surface area (Å²) in [6, 6.07) is 16.9. The summed E-state index contributed by atoms with van der Waals surface area (Å²) in [5, 5.41) is 4.62. The first-order valence-corrected chi connectivity index (χ1v) is 6.87. The first kappa shape index (κ1) is 12.7. The van der Waals surface area contributed by atoms with Gasteiger partial charge in [-0.15, -0.1) is 0 Å². The lowest BCUT2D eigenvalue weighted by atomic mass is 10.1. The number of hydrogen-bond acceptors (Lipinski definition) is 2. The van der Waals surface area contributed by atoms with Gasteiger partial charge in [0.05, 0.1) is 17.4 Å². The highest BCUT2D eigenvalue weighted by atomic mass is 14.9. The first-order chi connectivity index (χ1) is 9.72. The number of benzene rings is 2. The van der Waals surface area contributed by atoms with E-state index >= 15 is 0 Å². The highest BCUT2D eigenvalue weighted by Crippen LogP contribution is 2.18. The zero-order chi connectivity index (χ0) is 13.9. The molecule has 2 heteroatoms. The van der Waals surface area contributed by atoms with E-state index in [1.165, 1.54) is 16.7 Å². The second kappa shape index (κ2) is 5.33. The fourth-order valence-corrected chi connectivity index (χ4v) is 2.41. The first-order valence-electron chi connectivity index (χ1n) is 6.87. The van der Waals surface area contributed by atoms with Crippen LogP contribution in [0.5, 0.6) is 0 Å². The highest BCUT2D eigenvalue weighted by Gasteiger charge is 2.00. The predicted octanol–water partition coefficient (Wildman–Crippen LogP) is 4.46. The molecule has 0 fully saturated rings. The van der Waals surface area contributed by atoms with Crippen molar-refractivity contribution in [1.29, 1.82) is 0 Å². The summed E-state index contributed by atoms with van der Waals surface area (Å²) in [7, 11) is 0. The largest absolute Gasteiger partial charge is 0.380 e. The molecule has 1 aromatic heterocycles. The van der Waals surface area contributed by atoms with Crippen LogP contribution in [0, 0.1) is 13.8 Å². The second-order valence-electron chi connectivity index (χ2n) is 5.20. The Morgan fingerprint density at radius 1 is 1.00 bits per heavy atom. The van der Waals surface area contributed by atoms with E-state index in [9.17, 15) is 0 Å². The number of anilines is 1. The van der Waals surface area contributed by atoms with Gasteiger partial charge in [-0.25, -0.2) is 0 Å². The van der Waals surface area contributed by atoms with Crippen LogP contribution < -0.4 is 5.32 Å². The topological polar surface area (TPSA) is 24.9 Å². The number of aromatic nitrogens is 1. The molecule has 0 amide bonds. The molecule has 3 aromatic rings. The van der Waals surface area contributed by atoms with Gasteiger partial charge in [-0.05, 0) is 37.1 Å². The molecule has 20 heavy (non-hydrogen) atoms. The fourth-order valence-electron chi connectivity index (χ4n) is 2.41. The van der Waals surface area contributed by atoms with Crippen LogP contribution in [-0.4, -0.2) is 4.98 Å². The minimum atomic E-state index is 0.826. The second-order valence-corrected chi connectivity index (χ2v) is 5.20. The number of nitrogens with one attached hydrogen (secondary N) is 1. The van der Waals surface area contributed by atoms with Crippen LogP contribution in [0.15, 0.2) is 54.7 Å². The number of rotatable bonds is 3. The summed E-state index contributed by atoms with van der Waals surface area (Å²) in [5.41, 5.74) is 6.04. The van der Waals surface area contributed by atoms with Gasteiger partial charge in [0.1, 0.15) is 0 Å². The fraction of sp³-hybridized carbons (Fsp3) is 0.167. The third-order valence-electron chi connectivity index (χ3n) is 3.57. The molecule has 1 heterocycles. The molecule has 0 unspecified atom stereocenters. The Hall–Kier alpha value is -2.35. The van der Waals surface area contributed by atoms with E-state index in [0.717, 1.165) is 23.1 Å². The summed E-state index contributed by atoms with van der Waals surface area (Å²) in [5.74, 6) is 0. The van der Waals surface area contributed by atoms with Crippen LogP contribution in [0.3, 0.4) is 0 Å². The Morgan fingerprint density at radius 3 is 2.70 bits per heavy atom. The van der Waals surface area contributed by atoms with E-state index in [-0.39, 0.29) is 0 Å². The van der Waals surface area contributed by atoms with Gasteiger partial charge in [-0.1, -0.05) is 42.0 Å². The number of para-hydroxylation sites is 1. The van der Waals surface area contributed by atoms with Crippen molar-refractivity contribution in [3.63, 3.8) is 0 Å². The van der Waals surface area contributed by atoms with Gasteiger partial charge in [-0.2, -0.15) is 0 Å². The molecule has 0 atom stereocenters. The summed E-state index contributed by atoms with van der Waals surface area (Å²) < 4.78 is 0. The molecular formula is C18H18N2. The van der Waals surface area contributed by atoms with Crippen molar-refractivity contribution < 1.29 is 0 Å². The van der Waals surface area contributed by atoms with Gasteiger partial charge in [0.2, 0.25) is 0 Å². The molecule has 1 N–H and O–H groups in total. The van der Waals surface area contributed by atoms with Crippen molar-refractivity contribution in [1.82, 2.24) is 4.98 Å². The molecule has 2 nitrogen and oxygen atoms in total. The maximum Gasteiger partial charge on any atom is 0.0703 e. The van der Waals surface area contributed by atoms with Crippen LogP contribution >= 0.6 is 0 Å². The molecule has 0 aliphatic carbocycles. The van der Waals surface area contributed by atoms with E-state index < -0.39 is 0 Å². The zero-order valence-corrected chi connectivity index (χ0v) is 11.9. The average Bonchev–Trinajstić information content (AvgIpc) is 2.46. The summed E-state index contributed by atoms with van der Waals surface area (Å²) in [4.78, 5) is 4.47. The van der Waals surface area contributed by atoms with E-state index in [0.29, 0.717) is 0 Å².